The van der Waals surface area contributed by atoms with E-state index in [-0.39, 0.29) is 0 Å². The minimum absolute atomic E-state index is 0.301. The highest BCUT2D eigenvalue weighted by molar-refractivity contribution is 6.35. The smallest absolute Gasteiger partial charge is 0.347 e. The molecule has 0 spiro atoms. The molecule has 1 unspecified atom stereocenters. The number of aliphatic imine (C=N–C) groups is 1. The van der Waals surface area contributed by atoms with Crippen molar-refractivity contribution in [3.8, 4) is 11.4 Å². The highest BCUT2D eigenvalue weighted by Crippen LogP contribution is 2.31. The number of nitrogens with zero attached hydrogens (tertiary/aromatic N) is 4. The molecule has 2 aromatic carbocycles. The first kappa shape index (κ1) is 20.1. The lowest BCUT2D eigenvalue weighted by Gasteiger charge is -2.17. The van der Waals surface area contributed by atoms with Crippen LogP contribution >= 0.6 is 11.6 Å². The molecule has 154 valence electrons. The molecule has 3 aromatic rings. The van der Waals surface area contributed by atoms with Crippen LogP contribution < -0.4 is 4.74 Å². The maximum Gasteiger partial charge on any atom is 0.347 e. The maximum absolute atomic E-state index is 12.0. The molecule has 0 bridgehead atoms. The van der Waals surface area contributed by atoms with Crippen molar-refractivity contribution in [3.05, 3.63) is 70.3 Å². The van der Waals surface area contributed by atoms with Gasteiger partial charge in [0.15, 0.2) is 11.9 Å². The summed E-state index contributed by atoms with van der Waals surface area (Å²) in [5, 5.41) is 9.05. The normalized spacial score (nSPS) is 13.5. The number of halogens is 1. The number of esters is 1. The quantitative estimate of drug-likeness (QED) is 0.580. The highest BCUT2D eigenvalue weighted by Gasteiger charge is 2.24. The number of aryl methyl sites for hydroxylation is 1. The molecule has 30 heavy (non-hydrogen) atoms. The van der Waals surface area contributed by atoms with Gasteiger partial charge in [-0.2, -0.15) is 0 Å². The predicted octanol–water partition coefficient (Wildman–Crippen LogP) is 3.91. The van der Waals surface area contributed by atoms with E-state index in [9.17, 15) is 4.79 Å². The summed E-state index contributed by atoms with van der Waals surface area (Å²) in [4.78, 5) is 16.8. The molecule has 1 atom stereocenters. The topological polar surface area (TPSA) is 78.6 Å². The number of aromatic nitrogens is 3. The summed E-state index contributed by atoms with van der Waals surface area (Å²) in [6.07, 6.45) is -0.735. The van der Waals surface area contributed by atoms with Crippen LogP contribution in [0.5, 0.6) is 5.75 Å². The van der Waals surface area contributed by atoms with Crippen LogP contribution in [0.3, 0.4) is 0 Å². The Morgan fingerprint density at radius 1 is 1.20 bits per heavy atom. The van der Waals surface area contributed by atoms with Gasteiger partial charge in [0.1, 0.15) is 18.1 Å². The first-order chi connectivity index (χ1) is 14.5. The van der Waals surface area contributed by atoms with Crippen molar-refractivity contribution in [1.29, 1.82) is 0 Å². The summed E-state index contributed by atoms with van der Waals surface area (Å²) >= 11 is 6.49. The minimum atomic E-state index is -0.735. The van der Waals surface area contributed by atoms with Crippen molar-refractivity contribution < 1.29 is 14.3 Å². The summed E-state index contributed by atoms with van der Waals surface area (Å²) in [5.41, 5.74) is 3.24. The van der Waals surface area contributed by atoms with E-state index >= 15 is 0 Å². The number of rotatable bonds is 5. The molecular formula is C22H21ClN4O3. The first-order valence-electron chi connectivity index (χ1n) is 9.68. The second-order valence-corrected chi connectivity index (χ2v) is 7.24. The highest BCUT2D eigenvalue weighted by atomic mass is 35.5. The fourth-order valence-electron chi connectivity index (χ4n) is 3.43. The Hall–Kier alpha value is -3.19. The van der Waals surface area contributed by atoms with E-state index in [4.69, 9.17) is 26.1 Å². The lowest BCUT2D eigenvalue weighted by molar-refractivity contribution is -0.150. The number of ether oxygens (including phenoxy) is 2. The standard InChI is InChI=1S/C22H21ClN4O3/c1-4-29-22(28)13(2)30-15-9-10-19-17(11-15)21(16-7-5-6-8-18(16)23)24-12-20-26-25-14(3)27(19)20/h5-11,13H,4,12H2,1-3H3. The molecule has 8 heteroatoms. The summed E-state index contributed by atoms with van der Waals surface area (Å²) in [5.74, 6) is 1.62. The molecule has 1 aromatic heterocycles. The summed E-state index contributed by atoms with van der Waals surface area (Å²) < 4.78 is 12.9. The molecule has 1 aliphatic rings. The molecular weight excluding hydrogens is 404 g/mol. The molecule has 7 nitrogen and oxygen atoms in total. The van der Waals surface area contributed by atoms with Crippen LogP contribution in [0.2, 0.25) is 5.02 Å². The van der Waals surface area contributed by atoms with Crippen LogP contribution in [0.25, 0.3) is 5.69 Å². The van der Waals surface area contributed by atoms with Gasteiger partial charge in [0.2, 0.25) is 0 Å². The van der Waals surface area contributed by atoms with Gasteiger partial charge in [0.25, 0.3) is 0 Å². The van der Waals surface area contributed by atoms with E-state index in [1.807, 2.05) is 54.0 Å². The largest absolute Gasteiger partial charge is 0.479 e. The van der Waals surface area contributed by atoms with Gasteiger partial charge in [0, 0.05) is 16.1 Å². The van der Waals surface area contributed by atoms with Gasteiger partial charge >= 0.3 is 5.97 Å². The number of carbonyl (C=O) groups is 1. The number of benzene rings is 2. The zero-order chi connectivity index (χ0) is 21.3. The third kappa shape index (κ3) is 3.68. The first-order valence-corrected chi connectivity index (χ1v) is 10.1. The Kier molecular flexibility index (Phi) is 5.55. The zero-order valence-corrected chi connectivity index (χ0v) is 17.7. The van der Waals surface area contributed by atoms with E-state index in [1.54, 1.807) is 13.8 Å². The predicted molar refractivity (Wildman–Crippen MR) is 114 cm³/mol. The van der Waals surface area contributed by atoms with Crippen LogP contribution in [-0.4, -0.2) is 39.2 Å². The van der Waals surface area contributed by atoms with Gasteiger partial charge in [-0.15, -0.1) is 10.2 Å². The van der Waals surface area contributed by atoms with Crippen molar-refractivity contribution in [2.75, 3.05) is 6.61 Å². The zero-order valence-electron chi connectivity index (χ0n) is 16.9. The molecule has 0 saturated heterocycles. The van der Waals surface area contributed by atoms with Crippen molar-refractivity contribution >= 4 is 23.3 Å². The molecule has 1 aliphatic heterocycles. The van der Waals surface area contributed by atoms with Gasteiger partial charge in [-0.3, -0.25) is 9.56 Å². The fraction of sp³-hybridized carbons (Fsp3) is 0.273. The second-order valence-electron chi connectivity index (χ2n) is 6.83. The molecule has 0 N–H and O–H groups in total. The third-order valence-corrected chi connectivity index (χ3v) is 5.12. The second kappa shape index (κ2) is 8.28. The minimum Gasteiger partial charge on any atom is -0.479 e. The Morgan fingerprint density at radius 2 is 2.00 bits per heavy atom. The lowest BCUT2D eigenvalue weighted by Crippen LogP contribution is -2.26. The Morgan fingerprint density at radius 3 is 2.77 bits per heavy atom. The van der Waals surface area contributed by atoms with Crippen molar-refractivity contribution in [2.45, 2.75) is 33.4 Å². The SMILES string of the molecule is CCOC(=O)C(C)Oc1ccc2c(c1)C(c1ccccc1Cl)=NCc1nnc(C)n1-2. The third-order valence-electron chi connectivity index (χ3n) is 4.79. The Bertz CT molecular complexity index is 1140. The number of hydrogen-bond acceptors (Lipinski definition) is 6. The Labute approximate surface area is 179 Å². The number of fused-ring (bicyclic) bond motifs is 3. The van der Waals surface area contributed by atoms with Gasteiger partial charge in [-0.05, 0) is 45.0 Å². The summed E-state index contributed by atoms with van der Waals surface area (Å²) in [6.45, 7) is 5.99. The van der Waals surface area contributed by atoms with Crippen LogP contribution in [0.1, 0.15) is 36.6 Å². The van der Waals surface area contributed by atoms with Crippen molar-refractivity contribution in [1.82, 2.24) is 14.8 Å². The number of hydrogen-bond donors (Lipinski definition) is 0. The van der Waals surface area contributed by atoms with Gasteiger partial charge in [0.05, 0.1) is 18.0 Å². The number of carbonyl (C=O) groups excluding carboxylic acids is 1. The van der Waals surface area contributed by atoms with E-state index in [0.717, 1.165) is 34.2 Å². The molecule has 4 rings (SSSR count). The molecule has 0 fully saturated rings. The van der Waals surface area contributed by atoms with Crippen LogP contribution in [0.4, 0.5) is 0 Å². The summed E-state index contributed by atoms with van der Waals surface area (Å²) in [7, 11) is 0. The van der Waals surface area contributed by atoms with Crippen LogP contribution in [0, 0.1) is 6.92 Å². The van der Waals surface area contributed by atoms with E-state index < -0.39 is 12.1 Å². The van der Waals surface area contributed by atoms with Gasteiger partial charge in [-0.25, -0.2) is 4.79 Å². The van der Waals surface area contributed by atoms with E-state index in [0.29, 0.717) is 23.9 Å². The lowest BCUT2D eigenvalue weighted by atomic mass is 10.00. The Balaban J connectivity index is 1.83. The van der Waals surface area contributed by atoms with Gasteiger partial charge in [-0.1, -0.05) is 29.8 Å². The van der Waals surface area contributed by atoms with Crippen LogP contribution in [0.15, 0.2) is 47.5 Å². The molecule has 2 heterocycles. The molecule has 0 amide bonds. The fourth-order valence-corrected chi connectivity index (χ4v) is 3.65. The molecule has 0 aliphatic carbocycles. The van der Waals surface area contributed by atoms with Crippen molar-refractivity contribution in [3.63, 3.8) is 0 Å². The van der Waals surface area contributed by atoms with E-state index in [1.165, 1.54) is 0 Å². The van der Waals surface area contributed by atoms with E-state index in [2.05, 4.69) is 10.2 Å². The molecule has 0 saturated carbocycles. The average molecular weight is 425 g/mol. The maximum atomic E-state index is 12.0. The van der Waals surface area contributed by atoms with Gasteiger partial charge < -0.3 is 9.47 Å². The molecule has 0 radical (unpaired) electrons. The monoisotopic (exact) mass is 424 g/mol. The van der Waals surface area contributed by atoms with Crippen molar-refractivity contribution in [2.24, 2.45) is 4.99 Å². The summed E-state index contributed by atoms with van der Waals surface area (Å²) in [6, 6.07) is 13.2. The van der Waals surface area contributed by atoms with Crippen LogP contribution in [-0.2, 0) is 16.1 Å². The average Bonchev–Trinajstić information content (AvgIpc) is 3.01.